The van der Waals surface area contributed by atoms with E-state index in [4.69, 9.17) is 9.84 Å². The van der Waals surface area contributed by atoms with Crippen molar-refractivity contribution in [2.24, 2.45) is 0 Å². The highest BCUT2D eigenvalue weighted by Crippen LogP contribution is 2.41. The Morgan fingerprint density at radius 3 is 2.62 bits per heavy atom. The number of aromatic nitrogens is 2. The van der Waals surface area contributed by atoms with Crippen LogP contribution in [0.2, 0.25) is 0 Å². The summed E-state index contributed by atoms with van der Waals surface area (Å²) >= 11 is 0. The zero-order chi connectivity index (χ0) is 17.3. The third kappa shape index (κ3) is 3.14. The van der Waals surface area contributed by atoms with E-state index in [0.717, 1.165) is 16.8 Å². The highest BCUT2D eigenvalue weighted by atomic mass is 16.5. The predicted molar refractivity (Wildman–Crippen MR) is 91.4 cm³/mol. The average Bonchev–Trinajstić information content (AvgIpc) is 2.96. The first-order valence-corrected chi connectivity index (χ1v) is 8.12. The lowest BCUT2D eigenvalue weighted by molar-refractivity contribution is -0.116. The number of amides is 1. The van der Waals surface area contributed by atoms with Gasteiger partial charge in [-0.15, -0.1) is 0 Å². The number of nitrogens with zero attached hydrogens (tertiary/aromatic N) is 1. The molecular weight excluding hydrogens is 306 g/mol. The Morgan fingerprint density at radius 2 is 2.00 bits per heavy atom. The molecule has 0 radical (unpaired) electrons. The molecule has 2 heterocycles. The van der Waals surface area contributed by atoms with E-state index in [1.165, 1.54) is 0 Å². The fraction of sp³-hybridized carbons (Fsp3) is 0.444. The molecule has 1 amide bonds. The second-order valence-corrected chi connectivity index (χ2v) is 7.06. The molecule has 6 nitrogen and oxygen atoms in total. The largest absolute Gasteiger partial charge is 0.491 e. The van der Waals surface area contributed by atoms with Crippen molar-refractivity contribution in [3.63, 3.8) is 0 Å². The van der Waals surface area contributed by atoms with Crippen molar-refractivity contribution in [3.05, 3.63) is 41.1 Å². The van der Waals surface area contributed by atoms with E-state index >= 15 is 0 Å². The van der Waals surface area contributed by atoms with E-state index in [2.05, 4.69) is 36.3 Å². The molecule has 0 saturated carbocycles. The molecule has 1 aliphatic rings. The minimum Gasteiger partial charge on any atom is -0.491 e. The minimum absolute atomic E-state index is 0.0160. The molecule has 0 bridgehead atoms. The lowest BCUT2D eigenvalue weighted by Crippen LogP contribution is -2.25. The van der Waals surface area contributed by atoms with Gasteiger partial charge in [0, 0.05) is 29.0 Å². The van der Waals surface area contributed by atoms with Gasteiger partial charge in [-0.2, -0.15) is 5.10 Å². The molecule has 0 aliphatic carbocycles. The molecule has 1 atom stereocenters. The quantitative estimate of drug-likeness (QED) is 0.804. The molecule has 0 spiro atoms. The number of anilines is 1. The van der Waals surface area contributed by atoms with E-state index < -0.39 is 0 Å². The lowest BCUT2D eigenvalue weighted by Gasteiger charge is -2.27. The normalized spacial score (nSPS) is 17.3. The number of rotatable bonds is 4. The molecule has 1 aliphatic heterocycles. The molecule has 1 aromatic heterocycles. The third-order valence-electron chi connectivity index (χ3n) is 4.19. The van der Waals surface area contributed by atoms with Gasteiger partial charge < -0.3 is 15.2 Å². The van der Waals surface area contributed by atoms with Crippen LogP contribution in [0.4, 0.5) is 5.82 Å². The van der Waals surface area contributed by atoms with Gasteiger partial charge in [-0.05, 0) is 17.7 Å². The number of aliphatic hydroxyl groups excluding tert-OH is 1. The van der Waals surface area contributed by atoms with E-state index in [1.807, 2.05) is 24.3 Å². The number of aliphatic hydroxyl groups is 1. The third-order valence-corrected chi connectivity index (χ3v) is 4.19. The minimum atomic E-state index is -0.0922. The van der Waals surface area contributed by atoms with E-state index in [-0.39, 0.29) is 30.5 Å². The molecule has 2 aromatic rings. The highest BCUT2D eigenvalue weighted by molar-refractivity contribution is 5.94. The fourth-order valence-electron chi connectivity index (χ4n) is 3.07. The maximum absolute atomic E-state index is 12.1. The maximum Gasteiger partial charge on any atom is 0.226 e. The highest BCUT2D eigenvalue weighted by Gasteiger charge is 2.34. The molecule has 3 N–H and O–H groups in total. The van der Waals surface area contributed by atoms with Crippen molar-refractivity contribution in [2.75, 3.05) is 18.5 Å². The van der Waals surface area contributed by atoms with Crippen LogP contribution >= 0.6 is 0 Å². The van der Waals surface area contributed by atoms with Gasteiger partial charge >= 0.3 is 0 Å². The number of carbonyl (C=O) groups excluding carboxylic acids is 1. The maximum atomic E-state index is 12.1. The number of nitrogens with one attached hydrogen (secondary N) is 2. The first-order chi connectivity index (χ1) is 11.4. The summed E-state index contributed by atoms with van der Waals surface area (Å²) < 4.78 is 5.40. The first kappa shape index (κ1) is 16.5. The lowest BCUT2D eigenvalue weighted by atomic mass is 9.79. The van der Waals surface area contributed by atoms with Crippen molar-refractivity contribution in [3.8, 4) is 5.75 Å². The standard InChI is InChI=1S/C18H23N3O3/c1-18(2,3)16-15-13(10-14(23)19-17(15)21-20-16)11-4-6-12(7-5-11)24-9-8-22/h4-7,13,22H,8-10H2,1-3H3,(H2,19,20,21,23). The van der Waals surface area contributed by atoms with Gasteiger partial charge in [-0.3, -0.25) is 9.89 Å². The Labute approximate surface area is 141 Å². The van der Waals surface area contributed by atoms with Gasteiger partial charge in [0.05, 0.1) is 6.61 Å². The summed E-state index contributed by atoms with van der Waals surface area (Å²) in [7, 11) is 0. The molecule has 1 unspecified atom stereocenters. The summed E-state index contributed by atoms with van der Waals surface area (Å²) in [5.74, 6) is 1.27. The van der Waals surface area contributed by atoms with Crippen LogP contribution in [0.1, 0.15) is 49.9 Å². The van der Waals surface area contributed by atoms with Gasteiger partial charge in [-0.25, -0.2) is 0 Å². The number of ether oxygens (including phenoxy) is 1. The van der Waals surface area contributed by atoms with Crippen molar-refractivity contribution < 1.29 is 14.6 Å². The molecule has 24 heavy (non-hydrogen) atoms. The summed E-state index contributed by atoms with van der Waals surface area (Å²) in [6.45, 7) is 6.63. The van der Waals surface area contributed by atoms with E-state index in [1.54, 1.807) is 0 Å². The topological polar surface area (TPSA) is 87.2 Å². The summed E-state index contributed by atoms with van der Waals surface area (Å²) in [5, 5.41) is 19.1. The first-order valence-electron chi connectivity index (χ1n) is 8.12. The zero-order valence-electron chi connectivity index (χ0n) is 14.2. The predicted octanol–water partition coefficient (Wildman–Crippen LogP) is 2.55. The van der Waals surface area contributed by atoms with Gasteiger partial charge in [0.25, 0.3) is 0 Å². The van der Waals surface area contributed by atoms with Crippen LogP contribution in [0.3, 0.4) is 0 Å². The molecule has 0 saturated heterocycles. The van der Waals surface area contributed by atoms with Gasteiger partial charge in [0.1, 0.15) is 12.4 Å². The second kappa shape index (κ2) is 6.28. The van der Waals surface area contributed by atoms with Crippen molar-refractivity contribution in [2.45, 2.75) is 38.5 Å². The molecule has 128 valence electrons. The van der Waals surface area contributed by atoms with Crippen LogP contribution in [0, 0.1) is 0 Å². The summed E-state index contributed by atoms with van der Waals surface area (Å²) in [5.41, 5.74) is 3.06. The van der Waals surface area contributed by atoms with Gasteiger partial charge in [0.2, 0.25) is 5.91 Å². The molecule has 6 heteroatoms. The second-order valence-electron chi connectivity index (χ2n) is 7.06. The van der Waals surface area contributed by atoms with Crippen molar-refractivity contribution in [1.29, 1.82) is 0 Å². The van der Waals surface area contributed by atoms with Crippen LogP contribution in [0.25, 0.3) is 0 Å². The Balaban J connectivity index is 1.97. The number of aromatic amines is 1. The van der Waals surface area contributed by atoms with Crippen molar-refractivity contribution >= 4 is 11.7 Å². The van der Waals surface area contributed by atoms with Crippen LogP contribution in [0.5, 0.6) is 5.75 Å². The summed E-state index contributed by atoms with van der Waals surface area (Å²) in [4.78, 5) is 12.1. The Hall–Kier alpha value is -2.34. The van der Waals surface area contributed by atoms with Gasteiger partial charge in [-0.1, -0.05) is 32.9 Å². The number of hydrogen-bond donors (Lipinski definition) is 3. The fourth-order valence-corrected chi connectivity index (χ4v) is 3.07. The van der Waals surface area contributed by atoms with Gasteiger partial charge in [0.15, 0.2) is 5.82 Å². The van der Waals surface area contributed by atoms with Crippen LogP contribution < -0.4 is 10.1 Å². The average molecular weight is 329 g/mol. The molecule has 3 rings (SSSR count). The Bertz CT molecular complexity index is 729. The number of fused-ring (bicyclic) bond motifs is 1. The monoisotopic (exact) mass is 329 g/mol. The Morgan fingerprint density at radius 1 is 1.29 bits per heavy atom. The summed E-state index contributed by atoms with van der Waals surface area (Å²) in [6, 6.07) is 7.68. The molecule has 1 aromatic carbocycles. The number of hydrogen-bond acceptors (Lipinski definition) is 4. The van der Waals surface area contributed by atoms with E-state index in [9.17, 15) is 4.79 Å². The molecular formula is C18H23N3O3. The SMILES string of the molecule is CC(C)(C)c1[nH]nc2c1C(c1ccc(OCCO)cc1)CC(=O)N2. The number of carbonyl (C=O) groups is 1. The van der Waals surface area contributed by atoms with Crippen LogP contribution in [-0.4, -0.2) is 34.4 Å². The smallest absolute Gasteiger partial charge is 0.226 e. The molecule has 0 fully saturated rings. The van der Waals surface area contributed by atoms with Crippen molar-refractivity contribution in [1.82, 2.24) is 10.2 Å². The summed E-state index contributed by atoms with van der Waals surface area (Å²) in [6.07, 6.45) is 0.395. The number of benzene rings is 1. The van der Waals surface area contributed by atoms with Crippen LogP contribution in [-0.2, 0) is 10.2 Å². The number of H-pyrrole nitrogens is 1. The van der Waals surface area contributed by atoms with E-state index in [0.29, 0.717) is 18.0 Å². The Kier molecular flexibility index (Phi) is 4.32. The van der Waals surface area contributed by atoms with Crippen LogP contribution in [0.15, 0.2) is 24.3 Å². The zero-order valence-corrected chi connectivity index (χ0v) is 14.2.